The summed E-state index contributed by atoms with van der Waals surface area (Å²) in [4.78, 5) is 11.5. The summed E-state index contributed by atoms with van der Waals surface area (Å²) in [6.45, 7) is 3.36. The first-order valence-corrected chi connectivity index (χ1v) is 5.28. The molecule has 0 aliphatic carbocycles. The normalized spacial score (nSPS) is 12.1. The third-order valence-corrected chi connectivity index (χ3v) is 2.30. The van der Waals surface area contributed by atoms with E-state index in [-0.39, 0.29) is 17.3 Å². The summed E-state index contributed by atoms with van der Waals surface area (Å²) in [6, 6.07) is 6.56. The van der Waals surface area contributed by atoms with Gasteiger partial charge in [-0.2, -0.15) is 0 Å². The Bertz CT molecular complexity index is 398. The maximum atomic E-state index is 11.5. The van der Waals surface area contributed by atoms with E-state index in [1.807, 2.05) is 6.92 Å². The predicted molar refractivity (Wildman–Crippen MR) is 63.5 cm³/mol. The fraction of sp³-hybridized carbons (Fsp3) is 0.308. The maximum absolute atomic E-state index is 11.5. The lowest BCUT2D eigenvalue weighted by atomic mass is 10.0. The van der Waals surface area contributed by atoms with Gasteiger partial charge >= 0.3 is 0 Å². The molecule has 0 spiro atoms. The molecule has 86 valence electrons. The smallest absolute Gasteiger partial charge is 0.162 e. The van der Waals surface area contributed by atoms with Crippen LogP contribution in [0.25, 0.3) is 5.76 Å². The van der Waals surface area contributed by atoms with Crippen LogP contribution in [0.15, 0.2) is 30.0 Å². The first kappa shape index (κ1) is 12.3. The van der Waals surface area contributed by atoms with Gasteiger partial charge in [0.25, 0.3) is 0 Å². The zero-order valence-corrected chi connectivity index (χ0v) is 9.53. The van der Waals surface area contributed by atoms with Crippen LogP contribution in [0.4, 0.5) is 0 Å². The first-order valence-electron chi connectivity index (χ1n) is 5.28. The highest BCUT2D eigenvalue weighted by molar-refractivity contribution is 5.96. The van der Waals surface area contributed by atoms with E-state index in [4.69, 9.17) is 5.11 Å². The number of benzene rings is 1. The van der Waals surface area contributed by atoms with Gasteiger partial charge < -0.3 is 10.2 Å². The molecule has 0 saturated carbocycles. The molecule has 0 aliphatic heterocycles. The van der Waals surface area contributed by atoms with Crippen molar-refractivity contribution in [3.63, 3.8) is 0 Å². The lowest BCUT2D eigenvalue weighted by Gasteiger charge is -2.03. The minimum absolute atomic E-state index is 0.0956. The van der Waals surface area contributed by atoms with Crippen molar-refractivity contribution in [2.45, 2.75) is 26.7 Å². The maximum Gasteiger partial charge on any atom is 0.162 e. The Morgan fingerprint density at radius 2 is 1.62 bits per heavy atom. The molecule has 3 nitrogen and oxygen atoms in total. The molecular weight excluding hydrogens is 204 g/mol. The molecule has 0 radical (unpaired) electrons. The van der Waals surface area contributed by atoms with Crippen molar-refractivity contribution in [2.75, 3.05) is 0 Å². The van der Waals surface area contributed by atoms with Crippen LogP contribution in [0.5, 0.6) is 0 Å². The van der Waals surface area contributed by atoms with Crippen LogP contribution in [0.2, 0.25) is 0 Å². The van der Waals surface area contributed by atoms with Crippen LogP contribution in [0.3, 0.4) is 0 Å². The minimum atomic E-state index is -0.158. The lowest BCUT2D eigenvalue weighted by molar-refractivity contribution is 0.0981. The molecule has 0 saturated heterocycles. The van der Waals surface area contributed by atoms with Crippen molar-refractivity contribution in [3.05, 3.63) is 41.2 Å². The van der Waals surface area contributed by atoms with E-state index in [0.717, 1.165) is 6.42 Å². The van der Waals surface area contributed by atoms with Crippen molar-refractivity contribution < 1.29 is 15.0 Å². The van der Waals surface area contributed by atoms with Gasteiger partial charge in [-0.15, -0.1) is 0 Å². The number of Topliss-reactive ketones (excluding diaryl/α,β-unsaturated/α-hetero) is 1. The van der Waals surface area contributed by atoms with Gasteiger partial charge in [0.15, 0.2) is 11.5 Å². The molecule has 0 amide bonds. The summed E-state index contributed by atoms with van der Waals surface area (Å²) in [5.41, 5.74) is 1.14. The second-order valence-electron chi connectivity index (χ2n) is 3.68. The summed E-state index contributed by atoms with van der Waals surface area (Å²) < 4.78 is 0. The zero-order chi connectivity index (χ0) is 12.1. The molecular formula is C13H16O3. The fourth-order valence-electron chi connectivity index (χ4n) is 1.39. The van der Waals surface area contributed by atoms with Gasteiger partial charge in [-0.3, -0.25) is 4.79 Å². The van der Waals surface area contributed by atoms with Gasteiger partial charge in [-0.1, -0.05) is 31.2 Å². The SMILES string of the molecule is CCCC(=O)c1ccc(/C(O)=C(\C)O)cc1. The standard InChI is InChI=1S/C13H16O3/c1-3-4-12(15)10-5-7-11(8-6-10)13(16)9(2)14/h5-8,14,16H,3-4H2,1-2H3/b13-9-. The van der Waals surface area contributed by atoms with Gasteiger partial charge in [-0.05, 0) is 13.3 Å². The molecule has 0 fully saturated rings. The molecule has 0 unspecified atom stereocenters. The Kier molecular flexibility index (Phi) is 4.11. The average molecular weight is 220 g/mol. The Morgan fingerprint density at radius 3 is 2.06 bits per heavy atom. The van der Waals surface area contributed by atoms with Gasteiger partial charge in [-0.25, -0.2) is 0 Å². The van der Waals surface area contributed by atoms with Crippen LogP contribution in [-0.2, 0) is 0 Å². The van der Waals surface area contributed by atoms with E-state index in [0.29, 0.717) is 17.5 Å². The third-order valence-electron chi connectivity index (χ3n) is 2.30. The molecule has 0 heterocycles. The van der Waals surface area contributed by atoms with Crippen LogP contribution >= 0.6 is 0 Å². The number of hydrogen-bond acceptors (Lipinski definition) is 3. The topological polar surface area (TPSA) is 57.5 Å². The molecule has 1 rings (SSSR count). The summed E-state index contributed by atoms with van der Waals surface area (Å²) in [5.74, 6) is -0.194. The van der Waals surface area contributed by atoms with E-state index >= 15 is 0 Å². The highest BCUT2D eigenvalue weighted by atomic mass is 16.3. The molecule has 16 heavy (non-hydrogen) atoms. The average Bonchev–Trinajstić information content (AvgIpc) is 2.28. The summed E-state index contributed by atoms with van der Waals surface area (Å²) in [7, 11) is 0. The van der Waals surface area contributed by atoms with E-state index in [1.165, 1.54) is 6.92 Å². The lowest BCUT2D eigenvalue weighted by Crippen LogP contribution is -1.98. The molecule has 0 aromatic heterocycles. The zero-order valence-electron chi connectivity index (χ0n) is 9.53. The minimum Gasteiger partial charge on any atom is -0.509 e. The largest absolute Gasteiger partial charge is 0.509 e. The van der Waals surface area contributed by atoms with E-state index in [2.05, 4.69) is 0 Å². The number of ketones is 1. The van der Waals surface area contributed by atoms with Gasteiger partial charge in [0.2, 0.25) is 0 Å². The second-order valence-corrected chi connectivity index (χ2v) is 3.68. The number of aliphatic hydroxyl groups is 2. The van der Waals surface area contributed by atoms with Crippen LogP contribution < -0.4 is 0 Å². The molecule has 3 heteroatoms. The predicted octanol–water partition coefficient (Wildman–Crippen LogP) is 3.47. The van der Waals surface area contributed by atoms with Crippen molar-refractivity contribution >= 4 is 11.5 Å². The molecule has 0 aliphatic rings. The number of hydrogen-bond donors (Lipinski definition) is 2. The third kappa shape index (κ3) is 2.86. The highest BCUT2D eigenvalue weighted by Crippen LogP contribution is 2.16. The van der Waals surface area contributed by atoms with E-state index in [1.54, 1.807) is 24.3 Å². The number of allylic oxidation sites excluding steroid dienone is 1. The Hall–Kier alpha value is -1.77. The number of aliphatic hydroxyl groups excluding tert-OH is 2. The molecule has 0 atom stereocenters. The second kappa shape index (κ2) is 5.35. The van der Waals surface area contributed by atoms with Crippen molar-refractivity contribution in [1.29, 1.82) is 0 Å². The van der Waals surface area contributed by atoms with Gasteiger partial charge in [0.05, 0.1) is 0 Å². The van der Waals surface area contributed by atoms with E-state index < -0.39 is 0 Å². The summed E-state index contributed by atoms with van der Waals surface area (Å²) in [6.07, 6.45) is 1.35. The van der Waals surface area contributed by atoms with Crippen molar-refractivity contribution in [1.82, 2.24) is 0 Å². The number of rotatable bonds is 4. The summed E-state index contributed by atoms with van der Waals surface area (Å²) in [5, 5.41) is 18.6. The molecule has 1 aromatic carbocycles. The first-order chi connectivity index (χ1) is 7.56. The Labute approximate surface area is 95.0 Å². The Balaban J connectivity index is 2.92. The van der Waals surface area contributed by atoms with Gasteiger partial charge in [0.1, 0.15) is 5.76 Å². The number of carbonyl (C=O) groups is 1. The van der Waals surface area contributed by atoms with Crippen LogP contribution in [-0.4, -0.2) is 16.0 Å². The monoisotopic (exact) mass is 220 g/mol. The van der Waals surface area contributed by atoms with Crippen molar-refractivity contribution in [2.24, 2.45) is 0 Å². The Morgan fingerprint density at radius 1 is 1.12 bits per heavy atom. The number of carbonyl (C=O) groups excluding carboxylic acids is 1. The quantitative estimate of drug-likeness (QED) is 0.603. The summed E-state index contributed by atoms with van der Waals surface area (Å²) >= 11 is 0. The molecule has 1 aromatic rings. The molecule has 2 N–H and O–H groups in total. The molecule has 0 bridgehead atoms. The highest BCUT2D eigenvalue weighted by Gasteiger charge is 2.06. The van der Waals surface area contributed by atoms with E-state index in [9.17, 15) is 9.90 Å². The van der Waals surface area contributed by atoms with Crippen LogP contribution in [0.1, 0.15) is 42.6 Å². The van der Waals surface area contributed by atoms with Crippen molar-refractivity contribution in [3.8, 4) is 0 Å². The fourth-order valence-corrected chi connectivity index (χ4v) is 1.39. The van der Waals surface area contributed by atoms with Crippen LogP contribution in [0, 0.1) is 0 Å². The van der Waals surface area contributed by atoms with Gasteiger partial charge in [0, 0.05) is 17.5 Å².